The average Bonchev–Trinajstić information content (AvgIpc) is 3.00. The van der Waals surface area contributed by atoms with Crippen LogP contribution >= 0.6 is 23.2 Å². The molecular weight excluding hydrogens is 667 g/mol. The number of nitrogens with zero attached hydrogens (tertiary/aromatic N) is 2. The van der Waals surface area contributed by atoms with Gasteiger partial charge < -0.3 is 14.4 Å². The molecule has 1 aliphatic carbocycles. The minimum absolute atomic E-state index is 0.0469. The number of carbonyl (C=O) groups excluding carboxylic acids is 2. The summed E-state index contributed by atoms with van der Waals surface area (Å²) < 4.78 is 39.1. The van der Waals surface area contributed by atoms with Gasteiger partial charge in [0, 0.05) is 41.5 Å². The molecule has 3 heterocycles. The lowest BCUT2D eigenvalue weighted by atomic mass is 9.76. The number of ether oxygens (including phenoxy) is 2. The molecule has 14 heteroatoms. The molecule has 2 amide bonds. The normalized spacial score (nSPS) is 23.8. The zero-order valence-electron chi connectivity index (χ0n) is 26.2. The van der Waals surface area contributed by atoms with E-state index in [-0.39, 0.29) is 24.1 Å². The van der Waals surface area contributed by atoms with Crippen molar-refractivity contribution in [2.75, 3.05) is 6.26 Å². The molecular formula is C33H36Cl2N4O7S. The summed E-state index contributed by atoms with van der Waals surface area (Å²) in [6, 6.07) is 13.4. The third-order valence-corrected chi connectivity index (χ3v) is 9.98. The van der Waals surface area contributed by atoms with Crippen molar-refractivity contribution in [1.82, 2.24) is 20.1 Å². The highest BCUT2D eigenvalue weighted by Crippen LogP contribution is 2.48. The molecule has 0 bridgehead atoms. The molecule has 6 rings (SSSR count). The van der Waals surface area contributed by atoms with Crippen molar-refractivity contribution in [3.8, 4) is 5.75 Å². The Morgan fingerprint density at radius 3 is 2.62 bits per heavy atom. The number of hydrogen-bond acceptors (Lipinski definition) is 8. The Labute approximate surface area is 283 Å². The maximum atomic E-state index is 14.4. The van der Waals surface area contributed by atoms with Crippen LogP contribution in [0.15, 0.2) is 54.6 Å². The molecule has 1 aromatic heterocycles. The van der Waals surface area contributed by atoms with Gasteiger partial charge in [0.05, 0.1) is 30.5 Å². The summed E-state index contributed by atoms with van der Waals surface area (Å²) in [6.45, 7) is 3.86. The van der Waals surface area contributed by atoms with Crippen molar-refractivity contribution in [2.24, 2.45) is 0 Å². The van der Waals surface area contributed by atoms with E-state index in [0.717, 1.165) is 19.1 Å². The Hall–Kier alpha value is -3.26. The SMILES string of the molecule is CC1(C)OCc2nc(CONC(=O)C3c4ccccc4C(=O)N(C4CCCCC4NS(C)(=O)=O)C3c3ccc(Cl)cc3Cl)ccc2O1. The van der Waals surface area contributed by atoms with Gasteiger partial charge in [-0.1, -0.05) is 60.3 Å². The van der Waals surface area contributed by atoms with Crippen LogP contribution in [0.1, 0.15) is 84.4 Å². The van der Waals surface area contributed by atoms with Gasteiger partial charge in [-0.25, -0.2) is 23.6 Å². The van der Waals surface area contributed by atoms with Crippen molar-refractivity contribution in [3.63, 3.8) is 0 Å². The number of fused-ring (bicyclic) bond motifs is 2. The molecule has 4 atom stereocenters. The zero-order chi connectivity index (χ0) is 33.5. The third kappa shape index (κ3) is 7.28. The van der Waals surface area contributed by atoms with Crippen molar-refractivity contribution in [3.05, 3.63) is 92.7 Å². The number of halogens is 2. The number of sulfonamides is 1. The maximum Gasteiger partial charge on any atom is 0.255 e. The Morgan fingerprint density at radius 2 is 1.85 bits per heavy atom. The van der Waals surface area contributed by atoms with Gasteiger partial charge in [0.1, 0.15) is 18.1 Å². The van der Waals surface area contributed by atoms with Crippen LogP contribution in [0.3, 0.4) is 0 Å². The quantitative estimate of drug-likeness (QED) is 0.297. The summed E-state index contributed by atoms with van der Waals surface area (Å²) >= 11 is 13.1. The van der Waals surface area contributed by atoms with E-state index < -0.39 is 45.8 Å². The largest absolute Gasteiger partial charge is 0.461 e. The summed E-state index contributed by atoms with van der Waals surface area (Å²) in [7, 11) is -3.60. The Morgan fingerprint density at radius 1 is 1.09 bits per heavy atom. The number of hydroxylamine groups is 1. The minimum Gasteiger partial charge on any atom is -0.461 e. The fourth-order valence-corrected chi connectivity index (χ4v) is 8.06. The van der Waals surface area contributed by atoms with Gasteiger partial charge in [-0.05, 0) is 54.3 Å². The fraction of sp³-hybridized carbons (Fsp3) is 0.424. The number of carbonyl (C=O) groups is 2. The van der Waals surface area contributed by atoms with E-state index in [1.165, 1.54) is 0 Å². The van der Waals surface area contributed by atoms with Crippen LogP contribution in [0.25, 0.3) is 0 Å². The second kappa shape index (κ2) is 13.3. The van der Waals surface area contributed by atoms with Gasteiger partial charge in [0.15, 0.2) is 0 Å². The lowest BCUT2D eigenvalue weighted by molar-refractivity contribution is -0.181. The second-order valence-electron chi connectivity index (χ2n) is 12.5. The van der Waals surface area contributed by atoms with Gasteiger partial charge >= 0.3 is 0 Å². The van der Waals surface area contributed by atoms with E-state index in [4.69, 9.17) is 37.5 Å². The highest BCUT2D eigenvalue weighted by molar-refractivity contribution is 7.88. The molecule has 3 aromatic rings. The van der Waals surface area contributed by atoms with E-state index >= 15 is 0 Å². The van der Waals surface area contributed by atoms with Crippen molar-refractivity contribution in [1.29, 1.82) is 0 Å². The average molecular weight is 704 g/mol. The molecule has 2 aromatic carbocycles. The lowest BCUT2D eigenvalue weighted by Crippen LogP contribution is -2.59. The molecule has 0 spiro atoms. The number of nitrogens with one attached hydrogen (secondary N) is 2. The number of aromatic nitrogens is 1. The van der Waals surface area contributed by atoms with Crippen molar-refractivity contribution >= 4 is 45.0 Å². The number of pyridine rings is 1. The second-order valence-corrected chi connectivity index (χ2v) is 15.2. The van der Waals surface area contributed by atoms with E-state index in [0.29, 0.717) is 51.7 Å². The number of rotatable bonds is 8. The molecule has 3 aliphatic rings. The first-order valence-corrected chi connectivity index (χ1v) is 18.0. The molecule has 2 N–H and O–H groups in total. The third-order valence-electron chi connectivity index (χ3n) is 8.69. The smallest absolute Gasteiger partial charge is 0.255 e. The minimum atomic E-state index is -3.60. The monoisotopic (exact) mass is 702 g/mol. The first-order chi connectivity index (χ1) is 22.3. The molecule has 4 unspecified atom stereocenters. The molecule has 2 aliphatic heterocycles. The van der Waals surface area contributed by atoms with Crippen molar-refractivity contribution < 1.29 is 32.3 Å². The van der Waals surface area contributed by atoms with Crippen LogP contribution in [0.4, 0.5) is 0 Å². The van der Waals surface area contributed by atoms with Crippen LogP contribution in [0.5, 0.6) is 5.75 Å². The van der Waals surface area contributed by atoms with Crippen molar-refractivity contribution in [2.45, 2.75) is 82.6 Å². The van der Waals surface area contributed by atoms with E-state index in [1.807, 2.05) is 13.8 Å². The molecule has 0 saturated heterocycles. The lowest BCUT2D eigenvalue weighted by Gasteiger charge is -2.49. The van der Waals surface area contributed by atoms with E-state index in [9.17, 15) is 18.0 Å². The van der Waals surface area contributed by atoms with Crippen LogP contribution in [-0.4, -0.2) is 54.2 Å². The van der Waals surface area contributed by atoms with Crippen LogP contribution < -0.4 is 14.9 Å². The number of amides is 2. The summed E-state index contributed by atoms with van der Waals surface area (Å²) in [5, 5.41) is 0.663. The Balaban J connectivity index is 1.35. The Bertz CT molecular complexity index is 1810. The standard InChI is InChI=1S/C33H36Cl2N4O7S/c1-33(2)44-18-26-28(46-33)15-13-20(36-26)17-45-37-31(40)29-21-8-4-5-9-22(21)32(41)39(30(29)23-14-12-19(34)16-24(23)35)27-11-7-6-10-25(27)38-47(3,42)43/h4-5,8-9,12-16,25,27,29-30,38H,6-7,10-11,17-18H2,1-3H3,(H,37,40). The topological polar surface area (TPSA) is 136 Å². The van der Waals surface area contributed by atoms with Crippen LogP contribution in [0.2, 0.25) is 10.0 Å². The predicted molar refractivity (Wildman–Crippen MR) is 175 cm³/mol. The highest BCUT2D eigenvalue weighted by Gasteiger charge is 2.49. The molecule has 1 saturated carbocycles. The Kier molecular flexibility index (Phi) is 9.54. The van der Waals surface area contributed by atoms with Crippen LogP contribution in [-0.2, 0) is 37.6 Å². The first-order valence-electron chi connectivity index (χ1n) is 15.4. The number of benzene rings is 2. The number of hydrogen-bond donors (Lipinski definition) is 2. The molecule has 250 valence electrons. The van der Waals surface area contributed by atoms with Crippen LogP contribution in [0, 0.1) is 0 Å². The van der Waals surface area contributed by atoms with Gasteiger partial charge in [-0.2, -0.15) is 0 Å². The van der Waals surface area contributed by atoms with E-state index in [2.05, 4.69) is 15.2 Å². The van der Waals surface area contributed by atoms with Gasteiger partial charge in [-0.3, -0.25) is 14.4 Å². The predicted octanol–water partition coefficient (Wildman–Crippen LogP) is 5.42. The first kappa shape index (κ1) is 33.6. The highest BCUT2D eigenvalue weighted by atomic mass is 35.5. The summed E-state index contributed by atoms with van der Waals surface area (Å²) in [6.07, 6.45) is 3.73. The summed E-state index contributed by atoms with van der Waals surface area (Å²) in [5.41, 5.74) is 5.10. The molecule has 11 nitrogen and oxygen atoms in total. The summed E-state index contributed by atoms with van der Waals surface area (Å²) in [4.78, 5) is 40.6. The zero-order valence-corrected chi connectivity index (χ0v) is 28.5. The molecule has 0 radical (unpaired) electrons. The van der Waals surface area contributed by atoms with Gasteiger partial charge in [-0.15, -0.1) is 0 Å². The summed E-state index contributed by atoms with van der Waals surface area (Å²) in [5.74, 6) is -1.94. The van der Waals surface area contributed by atoms with Gasteiger partial charge in [0.25, 0.3) is 11.8 Å². The van der Waals surface area contributed by atoms with E-state index in [1.54, 1.807) is 59.5 Å². The maximum absolute atomic E-state index is 14.4. The molecule has 1 fully saturated rings. The van der Waals surface area contributed by atoms with Gasteiger partial charge in [0.2, 0.25) is 15.8 Å². The molecule has 47 heavy (non-hydrogen) atoms. The fourth-order valence-electron chi connectivity index (χ4n) is 6.72.